The Morgan fingerprint density at radius 3 is 2.56 bits per heavy atom. The van der Waals surface area contributed by atoms with Crippen molar-refractivity contribution < 1.29 is 14.4 Å². The van der Waals surface area contributed by atoms with Crippen LogP contribution in [0.25, 0.3) is 0 Å². The van der Waals surface area contributed by atoms with Crippen molar-refractivity contribution in [3.63, 3.8) is 0 Å². The first-order valence-corrected chi connectivity index (χ1v) is 9.69. The van der Waals surface area contributed by atoms with Crippen molar-refractivity contribution in [2.45, 2.75) is 32.4 Å². The summed E-state index contributed by atoms with van der Waals surface area (Å²) in [6.45, 7) is 8.86. The number of piperazine rings is 1. The highest BCUT2D eigenvalue weighted by atomic mass is 16.2. The van der Waals surface area contributed by atoms with Crippen LogP contribution in [0.15, 0.2) is 18.2 Å². The minimum absolute atomic E-state index is 0.140. The number of benzene rings is 1. The first-order valence-electron chi connectivity index (χ1n) is 9.69. The summed E-state index contributed by atoms with van der Waals surface area (Å²) in [6, 6.07) is 4.81. The van der Waals surface area contributed by atoms with Crippen LogP contribution in [0.5, 0.6) is 0 Å². The summed E-state index contributed by atoms with van der Waals surface area (Å²) in [5.74, 6) is -0.870. The van der Waals surface area contributed by atoms with Gasteiger partial charge in [0.2, 0.25) is 5.91 Å². The van der Waals surface area contributed by atoms with Crippen LogP contribution in [0.1, 0.15) is 39.6 Å². The van der Waals surface area contributed by atoms with Gasteiger partial charge in [-0.15, -0.1) is 0 Å². The molecule has 0 saturated carbocycles. The molecule has 2 unspecified atom stereocenters. The number of amides is 3. The van der Waals surface area contributed by atoms with Crippen LogP contribution in [0.4, 0.5) is 0 Å². The van der Waals surface area contributed by atoms with Crippen LogP contribution in [0, 0.1) is 6.92 Å². The molecule has 3 heterocycles. The highest BCUT2D eigenvalue weighted by Gasteiger charge is 2.43. The number of hydrogen-bond donors (Lipinski definition) is 1. The predicted molar refractivity (Wildman–Crippen MR) is 101 cm³/mol. The molecule has 7 nitrogen and oxygen atoms in total. The van der Waals surface area contributed by atoms with E-state index in [0.29, 0.717) is 30.3 Å². The summed E-state index contributed by atoms with van der Waals surface area (Å²) in [4.78, 5) is 43.9. The molecule has 3 aliphatic rings. The van der Waals surface area contributed by atoms with E-state index in [1.165, 1.54) is 0 Å². The average Bonchev–Trinajstić information content (AvgIpc) is 3.26. The molecule has 1 aromatic rings. The largest absolute Gasteiger partial charge is 0.339 e. The second-order valence-corrected chi connectivity index (χ2v) is 7.72. The molecule has 0 aliphatic carbocycles. The monoisotopic (exact) mass is 370 g/mol. The van der Waals surface area contributed by atoms with Gasteiger partial charge < -0.3 is 10.2 Å². The van der Waals surface area contributed by atoms with E-state index in [1.807, 2.05) is 17.9 Å². The average molecular weight is 370 g/mol. The molecule has 3 aliphatic heterocycles. The number of nitrogens with zero attached hydrogens (tertiary/aromatic N) is 3. The molecule has 0 radical (unpaired) electrons. The van der Waals surface area contributed by atoms with Crippen LogP contribution in [0.2, 0.25) is 0 Å². The van der Waals surface area contributed by atoms with Gasteiger partial charge in [-0.3, -0.25) is 24.2 Å². The number of imide groups is 1. The van der Waals surface area contributed by atoms with Gasteiger partial charge in [-0.2, -0.15) is 0 Å². The standard InChI is InChI=1S/C20H26N4O3/c1-13-3-4-16-17(11-13)20(27)24(19(16)26)14(2)18(25)23-8-5-15(12-23)22-9-6-21-7-10-22/h3-4,11,14-15,21H,5-10,12H2,1-2H3. The molecule has 2 saturated heterocycles. The minimum Gasteiger partial charge on any atom is -0.339 e. The van der Waals surface area contributed by atoms with E-state index < -0.39 is 6.04 Å². The van der Waals surface area contributed by atoms with Crippen LogP contribution < -0.4 is 5.32 Å². The molecule has 2 fully saturated rings. The summed E-state index contributed by atoms with van der Waals surface area (Å²) in [5.41, 5.74) is 1.72. The van der Waals surface area contributed by atoms with Gasteiger partial charge in [-0.1, -0.05) is 11.6 Å². The van der Waals surface area contributed by atoms with Crippen LogP contribution in [-0.2, 0) is 4.79 Å². The first-order chi connectivity index (χ1) is 13.0. The van der Waals surface area contributed by atoms with Gasteiger partial charge in [0.1, 0.15) is 6.04 Å². The molecule has 0 bridgehead atoms. The van der Waals surface area contributed by atoms with E-state index in [9.17, 15) is 14.4 Å². The molecule has 0 aromatic heterocycles. The fourth-order valence-electron chi connectivity index (χ4n) is 4.39. The zero-order chi connectivity index (χ0) is 19.1. The Labute approximate surface area is 159 Å². The lowest BCUT2D eigenvalue weighted by Gasteiger charge is -2.33. The van der Waals surface area contributed by atoms with Crippen molar-refractivity contribution >= 4 is 17.7 Å². The van der Waals surface area contributed by atoms with E-state index in [2.05, 4.69) is 10.2 Å². The Balaban J connectivity index is 1.45. The topological polar surface area (TPSA) is 73.0 Å². The first kappa shape index (κ1) is 18.1. The van der Waals surface area contributed by atoms with Gasteiger partial charge in [0.15, 0.2) is 0 Å². The van der Waals surface area contributed by atoms with Crippen molar-refractivity contribution in [1.82, 2.24) is 20.0 Å². The van der Waals surface area contributed by atoms with E-state index >= 15 is 0 Å². The molecule has 1 N–H and O–H groups in total. The van der Waals surface area contributed by atoms with E-state index in [1.54, 1.807) is 19.1 Å². The summed E-state index contributed by atoms with van der Waals surface area (Å²) in [6.07, 6.45) is 0.944. The molecule has 0 spiro atoms. The van der Waals surface area contributed by atoms with Gasteiger partial charge in [-0.25, -0.2) is 0 Å². The SMILES string of the molecule is Cc1ccc2c(c1)C(=O)N(C(C)C(=O)N1CCC(N3CCNCC3)C1)C2=O. The summed E-state index contributed by atoms with van der Waals surface area (Å²) >= 11 is 0. The highest BCUT2D eigenvalue weighted by molar-refractivity contribution is 6.22. The second kappa shape index (κ2) is 7.05. The molecule has 4 rings (SSSR count). The number of rotatable bonds is 3. The van der Waals surface area contributed by atoms with Crippen molar-refractivity contribution in [3.8, 4) is 0 Å². The van der Waals surface area contributed by atoms with Crippen LogP contribution in [-0.4, -0.2) is 83.8 Å². The third-order valence-electron chi connectivity index (χ3n) is 5.96. The lowest BCUT2D eigenvalue weighted by Crippen LogP contribution is -2.51. The number of hydrogen-bond acceptors (Lipinski definition) is 5. The number of carbonyl (C=O) groups excluding carboxylic acids is 3. The van der Waals surface area contributed by atoms with Gasteiger partial charge >= 0.3 is 0 Å². The molecular formula is C20H26N4O3. The molecular weight excluding hydrogens is 344 g/mol. The zero-order valence-corrected chi connectivity index (χ0v) is 15.9. The predicted octanol–water partition coefficient (Wildman–Crippen LogP) is 0.486. The third kappa shape index (κ3) is 3.15. The van der Waals surface area contributed by atoms with Crippen LogP contribution >= 0.6 is 0 Å². The Morgan fingerprint density at radius 1 is 1.11 bits per heavy atom. The van der Waals surface area contributed by atoms with Crippen molar-refractivity contribution in [1.29, 1.82) is 0 Å². The summed E-state index contributed by atoms with van der Waals surface area (Å²) in [5, 5.41) is 3.35. The Morgan fingerprint density at radius 2 is 1.81 bits per heavy atom. The zero-order valence-electron chi connectivity index (χ0n) is 15.9. The maximum absolute atomic E-state index is 13.0. The van der Waals surface area contributed by atoms with Crippen molar-refractivity contribution in [2.75, 3.05) is 39.3 Å². The molecule has 144 valence electrons. The number of fused-ring (bicyclic) bond motifs is 1. The smallest absolute Gasteiger partial charge is 0.262 e. The molecule has 2 atom stereocenters. The lowest BCUT2D eigenvalue weighted by molar-refractivity contribution is -0.134. The number of nitrogens with one attached hydrogen (secondary N) is 1. The van der Waals surface area contributed by atoms with E-state index in [4.69, 9.17) is 0 Å². The van der Waals surface area contributed by atoms with Gasteiger partial charge in [-0.05, 0) is 32.4 Å². The lowest BCUT2D eigenvalue weighted by atomic mass is 10.1. The molecule has 1 aromatic carbocycles. The number of likely N-dealkylation sites (tertiary alicyclic amines) is 1. The fraction of sp³-hybridized carbons (Fsp3) is 0.550. The summed E-state index contributed by atoms with van der Waals surface area (Å²) < 4.78 is 0. The Kier molecular flexibility index (Phi) is 4.74. The maximum atomic E-state index is 13.0. The third-order valence-corrected chi connectivity index (χ3v) is 5.96. The van der Waals surface area contributed by atoms with E-state index in [-0.39, 0.29) is 17.7 Å². The molecule has 27 heavy (non-hydrogen) atoms. The maximum Gasteiger partial charge on any atom is 0.262 e. The Bertz CT molecular complexity index is 787. The molecule has 3 amide bonds. The van der Waals surface area contributed by atoms with Gasteiger partial charge in [0, 0.05) is 45.3 Å². The Hall–Kier alpha value is -2.25. The number of aryl methyl sites for hydroxylation is 1. The normalized spacial score (nSPS) is 24.4. The van der Waals surface area contributed by atoms with Gasteiger partial charge in [0.25, 0.3) is 11.8 Å². The second-order valence-electron chi connectivity index (χ2n) is 7.72. The highest BCUT2D eigenvalue weighted by Crippen LogP contribution is 2.27. The number of carbonyl (C=O) groups is 3. The molecule has 7 heteroatoms. The minimum atomic E-state index is -0.778. The fourth-order valence-corrected chi connectivity index (χ4v) is 4.39. The van der Waals surface area contributed by atoms with Gasteiger partial charge in [0.05, 0.1) is 11.1 Å². The van der Waals surface area contributed by atoms with Crippen molar-refractivity contribution in [3.05, 3.63) is 34.9 Å². The summed E-state index contributed by atoms with van der Waals surface area (Å²) in [7, 11) is 0. The van der Waals surface area contributed by atoms with Crippen LogP contribution in [0.3, 0.4) is 0 Å². The van der Waals surface area contributed by atoms with E-state index in [0.717, 1.165) is 43.1 Å². The quantitative estimate of drug-likeness (QED) is 0.784. The van der Waals surface area contributed by atoms with Crippen molar-refractivity contribution in [2.24, 2.45) is 0 Å².